The SMILES string of the molecule is CN(C)CC(C)(CN(C)C)C(=O)/C=C\c1c(Cl)cccc1Cl. The summed E-state index contributed by atoms with van der Waals surface area (Å²) in [6.45, 7) is 3.32. The number of halogens is 2. The summed E-state index contributed by atoms with van der Waals surface area (Å²) < 4.78 is 0. The van der Waals surface area contributed by atoms with Crippen molar-refractivity contribution >= 4 is 35.1 Å². The van der Waals surface area contributed by atoms with Gasteiger partial charge in [-0.05, 0) is 59.4 Å². The van der Waals surface area contributed by atoms with Gasteiger partial charge in [0.15, 0.2) is 5.78 Å². The maximum Gasteiger partial charge on any atom is 0.164 e. The number of rotatable bonds is 7. The molecule has 122 valence electrons. The second-order valence-corrected chi connectivity index (χ2v) is 7.18. The highest BCUT2D eigenvalue weighted by atomic mass is 35.5. The first-order valence-electron chi connectivity index (χ1n) is 7.12. The zero-order valence-corrected chi connectivity index (χ0v) is 15.4. The van der Waals surface area contributed by atoms with Gasteiger partial charge >= 0.3 is 0 Å². The lowest BCUT2D eigenvalue weighted by molar-refractivity contribution is -0.124. The number of carbonyl (C=O) groups is 1. The van der Waals surface area contributed by atoms with E-state index in [9.17, 15) is 4.79 Å². The number of nitrogens with zero attached hydrogens (tertiary/aromatic N) is 2. The summed E-state index contributed by atoms with van der Waals surface area (Å²) >= 11 is 12.3. The molecule has 1 rings (SSSR count). The molecule has 22 heavy (non-hydrogen) atoms. The van der Waals surface area contributed by atoms with Crippen LogP contribution in [-0.2, 0) is 4.79 Å². The molecular formula is C17H24Cl2N2O. The minimum absolute atomic E-state index is 0.0610. The van der Waals surface area contributed by atoms with Crippen molar-refractivity contribution in [1.29, 1.82) is 0 Å². The van der Waals surface area contributed by atoms with Crippen molar-refractivity contribution in [3.8, 4) is 0 Å². The minimum atomic E-state index is -0.489. The lowest BCUT2D eigenvalue weighted by atomic mass is 9.84. The van der Waals surface area contributed by atoms with Crippen molar-refractivity contribution in [2.24, 2.45) is 5.41 Å². The largest absolute Gasteiger partial charge is 0.308 e. The fourth-order valence-electron chi connectivity index (χ4n) is 2.63. The number of allylic oxidation sites excluding steroid dienone is 1. The smallest absolute Gasteiger partial charge is 0.164 e. The molecule has 3 nitrogen and oxygen atoms in total. The van der Waals surface area contributed by atoms with Crippen molar-refractivity contribution in [3.05, 3.63) is 39.9 Å². The molecule has 0 aliphatic carbocycles. The van der Waals surface area contributed by atoms with E-state index in [0.717, 1.165) is 0 Å². The third-order valence-electron chi connectivity index (χ3n) is 3.33. The van der Waals surface area contributed by atoms with Crippen LogP contribution < -0.4 is 0 Å². The highest BCUT2D eigenvalue weighted by Gasteiger charge is 2.32. The number of carbonyl (C=O) groups excluding carboxylic acids is 1. The molecule has 0 fully saturated rings. The van der Waals surface area contributed by atoms with Crippen molar-refractivity contribution in [3.63, 3.8) is 0 Å². The Morgan fingerprint density at radius 2 is 1.55 bits per heavy atom. The maximum atomic E-state index is 12.7. The first-order chi connectivity index (χ1) is 10.2. The van der Waals surface area contributed by atoms with Gasteiger partial charge in [0.1, 0.15) is 0 Å². The second kappa shape index (κ2) is 8.11. The summed E-state index contributed by atoms with van der Waals surface area (Å²) in [5.74, 6) is 0.0610. The highest BCUT2D eigenvalue weighted by molar-refractivity contribution is 6.37. The number of ketones is 1. The van der Waals surface area contributed by atoms with Crippen LogP contribution in [0.4, 0.5) is 0 Å². The Hall–Kier alpha value is -0.870. The first kappa shape index (κ1) is 19.2. The van der Waals surface area contributed by atoms with E-state index in [0.29, 0.717) is 28.7 Å². The topological polar surface area (TPSA) is 23.6 Å². The van der Waals surface area contributed by atoms with E-state index in [2.05, 4.69) is 0 Å². The molecule has 0 saturated heterocycles. The van der Waals surface area contributed by atoms with Crippen molar-refractivity contribution in [2.45, 2.75) is 6.92 Å². The van der Waals surface area contributed by atoms with Crippen LogP contribution in [0, 0.1) is 5.41 Å². The number of benzene rings is 1. The summed E-state index contributed by atoms with van der Waals surface area (Å²) in [7, 11) is 7.87. The minimum Gasteiger partial charge on any atom is -0.308 e. The van der Waals surface area contributed by atoms with Crippen LogP contribution in [0.25, 0.3) is 6.08 Å². The van der Waals surface area contributed by atoms with Crippen LogP contribution in [0.1, 0.15) is 12.5 Å². The van der Waals surface area contributed by atoms with Gasteiger partial charge in [0.2, 0.25) is 0 Å². The summed E-state index contributed by atoms with van der Waals surface area (Å²) in [5.41, 5.74) is 0.188. The van der Waals surface area contributed by atoms with E-state index in [1.165, 1.54) is 0 Å². The molecule has 1 aromatic carbocycles. The van der Waals surface area contributed by atoms with Gasteiger partial charge in [-0.1, -0.05) is 29.3 Å². The van der Waals surface area contributed by atoms with Gasteiger partial charge in [-0.2, -0.15) is 0 Å². The van der Waals surface area contributed by atoms with Crippen molar-refractivity contribution in [1.82, 2.24) is 9.80 Å². The lowest BCUT2D eigenvalue weighted by Gasteiger charge is -2.32. The molecule has 0 radical (unpaired) electrons. The second-order valence-electron chi connectivity index (χ2n) is 6.37. The number of hydrogen-bond donors (Lipinski definition) is 0. The molecule has 0 aliphatic heterocycles. The van der Waals surface area contributed by atoms with E-state index in [-0.39, 0.29) is 5.78 Å². The summed E-state index contributed by atoms with van der Waals surface area (Å²) in [4.78, 5) is 16.8. The van der Waals surface area contributed by atoms with E-state index >= 15 is 0 Å². The zero-order valence-electron chi connectivity index (χ0n) is 13.9. The average Bonchev–Trinajstić information content (AvgIpc) is 2.35. The Morgan fingerprint density at radius 1 is 1.09 bits per heavy atom. The molecule has 0 bridgehead atoms. The maximum absolute atomic E-state index is 12.7. The zero-order chi connectivity index (χ0) is 16.9. The molecule has 0 heterocycles. The third-order valence-corrected chi connectivity index (χ3v) is 3.99. The molecule has 0 unspecified atom stereocenters. The van der Waals surface area contributed by atoms with Gasteiger partial charge in [0.25, 0.3) is 0 Å². The van der Waals surface area contributed by atoms with Crippen LogP contribution >= 0.6 is 23.2 Å². The Kier molecular flexibility index (Phi) is 7.07. The number of hydrogen-bond acceptors (Lipinski definition) is 3. The van der Waals surface area contributed by atoms with E-state index in [4.69, 9.17) is 23.2 Å². The predicted molar refractivity (Wildman–Crippen MR) is 95.7 cm³/mol. The summed E-state index contributed by atoms with van der Waals surface area (Å²) in [5, 5.41) is 1.08. The van der Waals surface area contributed by atoms with Gasteiger partial charge in [-0.3, -0.25) is 4.79 Å². The van der Waals surface area contributed by atoms with E-state index < -0.39 is 5.41 Å². The predicted octanol–water partition coefficient (Wildman–Crippen LogP) is 3.71. The highest BCUT2D eigenvalue weighted by Crippen LogP contribution is 2.27. The average molecular weight is 343 g/mol. The molecule has 0 aliphatic rings. The standard InChI is InChI=1S/C17H24Cl2N2O/c1-17(11-20(2)3,12-21(4)5)16(22)10-9-13-14(18)7-6-8-15(13)19/h6-10H,11-12H2,1-5H3/b10-9-. The Balaban J connectivity index is 3.02. The summed E-state index contributed by atoms with van der Waals surface area (Å²) in [6.07, 6.45) is 3.29. The van der Waals surface area contributed by atoms with Crippen LogP contribution in [-0.4, -0.2) is 56.9 Å². The van der Waals surface area contributed by atoms with Crippen molar-refractivity contribution < 1.29 is 4.79 Å². The Bertz CT molecular complexity index is 523. The lowest BCUT2D eigenvalue weighted by Crippen LogP contribution is -2.44. The van der Waals surface area contributed by atoms with Crippen LogP contribution in [0.15, 0.2) is 24.3 Å². The molecule has 0 amide bonds. The third kappa shape index (κ3) is 5.40. The van der Waals surface area contributed by atoms with Crippen LogP contribution in [0.5, 0.6) is 0 Å². The summed E-state index contributed by atoms with van der Waals surface area (Å²) in [6, 6.07) is 5.30. The molecule has 1 aromatic rings. The molecular weight excluding hydrogens is 319 g/mol. The monoisotopic (exact) mass is 342 g/mol. The van der Waals surface area contributed by atoms with Gasteiger partial charge in [0, 0.05) is 28.7 Å². The normalized spacial score (nSPS) is 12.6. The molecule has 0 spiro atoms. The molecule has 5 heteroatoms. The van der Waals surface area contributed by atoms with Crippen molar-refractivity contribution in [2.75, 3.05) is 41.3 Å². The quantitative estimate of drug-likeness (QED) is 0.705. The first-order valence-corrected chi connectivity index (χ1v) is 7.87. The fraction of sp³-hybridized carbons (Fsp3) is 0.471. The van der Waals surface area contributed by atoms with Gasteiger partial charge in [-0.25, -0.2) is 0 Å². The molecule has 0 N–H and O–H groups in total. The van der Waals surface area contributed by atoms with E-state index in [1.54, 1.807) is 30.4 Å². The molecule has 0 atom stereocenters. The Morgan fingerprint density at radius 3 is 1.95 bits per heavy atom. The van der Waals surface area contributed by atoms with Crippen LogP contribution in [0.3, 0.4) is 0 Å². The van der Waals surface area contributed by atoms with Gasteiger partial charge in [-0.15, -0.1) is 0 Å². The molecule has 0 saturated carbocycles. The van der Waals surface area contributed by atoms with Crippen LogP contribution in [0.2, 0.25) is 10.0 Å². The fourth-order valence-corrected chi connectivity index (χ4v) is 3.16. The van der Waals surface area contributed by atoms with E-state index in [1.807, 2.05) is 44.9 Å². The Labute approximate surface area is 143 Å². The molecule has 0 aromatic heterocycles. The van der Waals surface area contributed by atoms with Gasteiger partial charge in [0.05, 0.1) is 5.41 Å². The van der Waals surface area contributed by atoms with Gasteiger partial charge < -0.3 is 9.80 Å².